The molecule has 2 fully saturated rings. The average molecular weight is 253 g/mol. The van der Waals surface area contributed by atoms with Gasteiger partial charge in [-0.25, -0.2) is 4.98 Å². The van der Waals surface area contributed by atoms with Gasteiger partial charge >= 0.3 is 0 Å². The van der Waals surface area contributed by atoms with E-state index in [2.05, 4.69) is 15.3 Å². The Morgan fingerprint density at radius 2 is 2.00 bits per heavy atom. The van der Waals surface area contributed by atoms with Crippen LogP contribution in [0.1, 0.15) is 31.4 Å². The van der Waals surface area contributed by atoms with E-state index in [-0.39, 0.29) is 0 Å². The summed E-state index contributed by atoms with van der Waals surface area (Å²) in [6.07, 6.45) is 7.60. The Bertz CT molecular complexity index is 595. The molecule has 2 aliphatic rings. The van der Waals surface area contributed by atoms with Gasteiger partial charge in [0.2, 0.25) is 0 Å². The van der Waals surface area contributed by atoms with E-state index in [0.29, 0.717) is 6.04 Å². The summed E-state index contributed by atoms with van der Waals surface area (Å²) in [5, 5.41) is 3.69. The van der Waals surface area contributed by atoms with Gasteiger partial charge in [0.15, 0.2) is 0 Å². The monoisotopic (exact) mass is 253 g/mol. The molecule has 2 saturated carbocycles. The maximum atomic E-state index is 4.67. The summed E-state index contributed by atoms with van der Waals surface area (Å²) in [7, 11) is 0. The number of hydrogen-bond acceptors (Lipinski definition) is 3. The highest BCUT2D eigenvalue weighted by Crippen LogP contribution is 2.44. The fourth-order valence-corrected chi connectivity index (χ4v) is 3.81. The smallest absolute Gasteiger partial charge is 0.0890 e. The molecule has 1 aromatic carbocycles. The van der Waals surface area contributed by atoms with Crippen LogP contribution in [0, 0.1) is 11.8 Å². The van der Waals surface area contributed by atoms with Crippen LogP contribution in [0.2, 0.25) is 0 Å². The molecule has 0 saturated heterocycles. The van der Waals surface area contributed by atoms with Crippen LogP contribution >= 0.6 is 0 Å². The number of rotatable bonds is 3. The van der Waals surface area contributed by atoms with Gasteiger partial charge in [0.25, 0.3) is 0 Å². The van der Waals surface area contributed by atoms with Crippen molar-refractivity contribution >= 4 is 11.0 Å². The zero-order chi connectivity index (χ0) is 12.7. The van der Waals surface area contributed by atoms with E-state index in [1.54, 1.807) is 0 Å². The SMILES string of the molecule is c1ccc2nc(CNC3CC4CCC3C4)cnc2c1. The fraction of sp³-hybridized carbons (Fsp3) is 0.500. The average Bonchev–Trinajstić information content (AvgIpc) is 3.07. The predicted octanol–water partition coefficient (Wildman–Crippen LogP) is 2.91. The lowest BCUT2D eigenvalue weighted by molar-refractivity contribution is 0.349. The van der Waals surface area contributed by atoms with Crippen molar-refractivity contribution in [3.63, 3.8) is 0 Å². The largest absolute Gasteiger partial charge is 0.308 e. The number of fused-ring (bicyclic) bond motifs is 3. The van der Waals surface area contributed by atoms with Gasteiger partial charge in [0.05, 0.1) is 22.9 Å². The molecule has 0 aliphatic heterocycles. The van der Waals surface area contributed by atoms with E-state index in [1.807, 2.05) is 30.5 Å². The van der Waals surface area contributed by atoms with Gasteiger partial charge in [-0.3, -0.25) is 4.98 Å². The number of nitrogens with one attached hydrogen (secondary N) is 1. The molecule has 98 valence electrons. The number of para-hydroxylation sites is 2. The Morgan fingerprint density at radius 1 is 1.11 bits per heavy atom. The van der Waals surface area contributed by atoms with Gasteiger partial charge in [-0.1, -0.05) is 18.6 Å². The van der Waals surface area contributed by atoms with Crippen molar-refractivity contribution in [3.8, 4) is 0 Å². The third-order valence-electron chi connectivity index (χ3n) is 4.78. The third-order valence-corrected chi connectivity index (χ3v) is 4.78. The van der Waals surface area contributed by atoms with Crippen molar-refractivity contribution in [2.75, 3.05) is 0 Å². The summed E-state index contributed by atoms with van der Waals surface area (Å²) in [5.41, 5.74) is 3.03. The summed E-state index contributed by atoms with van der Waals surface area (Å²) in [6.45, 7) is 0.853. The predicted molar refractivity (Wildman–Crippen MR) is 75.6 cm³/mol. The molecule has 0 amide bonds. The van der Waals surface area contributed by atoms with Gasteiger partial charge in [-0.15, -0.1) is 0 Å². The summed E-state index contributed by atoms with van der Waals surface area (Å²) in [5.74, 6) is 1.91. The Kier molecular flexibility index (Phi) is 2.73. The molecule has 2 aliphatic carbocycles. The highest BCUT2D eigenvalue weighted by molar-refractivity contribution is 5.73. The minimum absolute atomic E-state index is 0.715. The molecule has 3 atom stereocenters. The van der Waals surface area contributed by atoms with Crippen molar-refractivity contribution in [1.29, 1.82) is 0 Å². The zero-order valence-electron chi connectivity index (χ0n) is 11.0. The Labute approximate surface area is 113 Å². The maximum Gasteiger partial charge on any atom is 0.0890 e. The minimum atomic E-state index is 0.715. The summed E-state index contributed by atoms with van der Waals surface area (Å²) in [4.78, 5) is 9.15. The molecule has 0 spiro atoms. The van der Waals surface area contributed by atoms with Crippen molar-refractivity contribution < 1.29 is 0 Å². The van der Waals surface area contributed by atoms with Crippen LogP contribution in [-0.4, -0.2) is 16.0 Å². The Hall–Kier alpha value is -1.48. The van der Waals surface area contributed by atoms with Gasteiger partial charge in [-0.2, -0.15) is 0 Å². The van der Waals surface area contributed by atoms with Gasteiger partial charge < -0.3 is 5.32 Å². The van der Waals surface area contributed by atoms with Crippen LogP contribution < -0.4 is 5.32 Å². The van der Waals surface area contributed by atoms with Crippen molar-refractivity contribution in [1.82, 2.24) is 15.3 Å². The molecular formula is C16H19N3. The fourth-order valence-electron chi connectivity index (χ4n) is 3.81. The molecule has 1 heterocycles. The topological polar surface area (TPSA) is 37.8 Å². The van der Waals surface area contributed by atoms with E-state index in [4.69, 9.17) is 0 Å². The van der Waals surface area contributed by atoms with E-state index in [9.17, 15) is 0 Å². The quantitative estimate of drug-likeness (QED) is 0.914. The number of aromatic nitrogens is 2. The molecule has 1 N–H and O–H groups in total. The first-order valence-electron chi connectivity index (χ1n) is 7.32. The zero-order valence-corrected chi connectivity index (χ0v) is 11.0. The van der Waals surface area contributed by atoms with E-state index in [1.165, 1.54) is 25.7 Å². The Morgan fingerprint density at radius 3 is 2.79 bits per heavy atom. The first kappa shape index (κ1) is 11.4. The summed E-state index contributed by atoms with van der Waals surface area (Å²) in [6, 6.07) is 8.78. The van der Waals surface area contributed by atoms with Crippen molar-refractivity contribution in [2.45, 2.75) is 38.3 Å². The second-order valence-corrected chi connectivity index (χ2v) is 6.01. The summed E-state index contributed by atoms with van der Waals surface area (Å²) < 4.78 is 0. The summed E-state index contributed by atoms with van der Waals surface area (Å²) >= 11 is 0. The molecule has 2 aromatic rings. The lowest BCUT2D eigenvalue weighted by Crippen LogP contribution is -2.33. The molecule has 4 rings (SSSR count). The van der Waals surface area contributed by atoms with Crippen LogP contribution in [0.25, 0.3) is 11.0 Å². The highest BCUT2D eigenvalue weighted by atomic mass is 15.0. The molecular weight excluding hydrogens is 234 g/mol. The molecule has 2 bridgehead atoms. The van der Waals surface area contributed by atoms with Gasteiger partial charge in [0.1, 0.15) is 0 Å². The lowest BCUT2D eigenvalue weighted by Gasteiger charge is -2.22. The molecule has 19 heavy (non-hydrogen) atoms. The number of nitrogens with zero attached hydrogens (tertiary/aromatic N) is 2. The molecule has 3 unspecified atom stereocenters. The lowest BCUT2D eigenvalue weighted by atomic mass is 9.95. The van der Waals surface area contributed by atoms with Crippen LogP contribution in [-0.2, 0) is 6.54 Å². The number of benzene rings is 1. The van der Waals surface area contributed by atoms with E-state index in [0.717, 1.165) is 35.1 Å². The molecule has 1 aromatic heterocycles. The minimum Gasteiger partial charge on any atom is -0.308 e. The normalized spacial score (nSPS) is 29.2. The van der Waals surface area contributed by atoms with Crippen LogP contribution in [0.15, 0.2) is 30.5 Å². The van der Waals surface area contributed by atoms with Crippen molar-refractivity contribution in [3.05, 3.63) is 36.2 Å². The van der Waals surface area contributed by atoms with Crippen LogP contribution in [0.3, 0.4) is 0 Å². The first-order chi connectivity index (χ1) is 9.38. The highest BCUT2D eigenvalue weighted by Gasteiger charge is 2.38. The maximum absolute atomic E-state index is 4.67. The molecule has 3 nitrogen and oxygen atoms in total. The van der Waals surface area contributed by atoms with Crippen LogP contribution in [0.4, 0.5) is 0 Å². The number of hydrogen-bond donors (Lipinski definition) is 1. The third kappa shape index (κ3) is 2.12. The standard InChI is InChI=1S/C16H19N3/c1-2-4-15-14(3-1)17-9-13(19-15)10-18-16-8-11-5-6-12(16)7-11/h1-4,9,11-12,16,18H,5-8,10H2. The second-order valence-electron chi connectivity index (χ2n) is 6.01. The van der Waals surface area contributed by atoms with Crippen molar-refractivity contribution in [2.24, 2.45) is 11.8 Å². The van der Waals surface area contributed by atoms with E-state index < -0.39 is 0 Å². The molecule has 0 radical (unpaired) electrons. The van der Waals surface area contributed by atoms with Gasteiger partial charge in [0, 0.05) is 12.6 Å². The Balaban J connectivity index is 1.46. The first-order valence-corrected chi connectivity index (χ1v) is 7.32. The second kappa shape index (κ2) is 4.57. The van der Waals surface area contributed by atoms with Crippen LogP contribution in [0.5, 0.6) is 0 Å². The molecule has 3 heteroatoms. The van der Waals surface area contributed by atoms with Gasteiger partial charge in [-0.05, 0) is 43.2 Å². The van der Waals surface area contributed by atoms with E-state index >= 15 is 0 Å².